The van der Waals surface area contributed by atoms with Crippen LogP contribution in [0.1, 0.15) is 10.6 Å². The molecule has 0 spiro atoms. The van der Waals surface area contributed by atoms with E-state index in [0.29, 0.717) is 13.1 Å². The van der Waals surface area contributed by atoms with Crippen LogP contribution in [0.5, 0.6) is 0 Å². The number of aromatic amines is 1. The van der Waals surface area contributed by atoms with Crippen molar-refractivity contribution in [2.24, 2.45) is 0 Å². The Morgan fingerprint density at radius 2 is 2.06 bits per heavy atom. The number of carbonyl (C=O) groups excluding carboxylic acids is 2. The van der Waals surface area contributed by atoms with Crippen LogP contribution in [0.2, 0.25) is 0 Å². The predicted octanol–water partition coefficient (Wildman–Crippen LogP) is -1.19. The molecule has 0 aliphatic heterocycles. The molecule has 0 fully saturated rings. The highest BCUT2D eigenvalue weighted by atomic mass is 16.2. The summed E-state index contributed by atoms with van der Waals surface area (Å²) in [5.74, 6) is -0.199. The third kappa shape index (κ3) is 3.56. The molecule has 0 aliphatic rings. The van der Waals surface area contributed by atoms with Gasteiger partial charge in [-0.3, -0.25) is 9.89 Å². The highest BCUT2D eigenvalue weighted by molar-refractivity contribution is 5.90. The normalized spacial score (nSPS) is 9.62. The van der Waals surface area contributed by atoms with E-state index in [1.54, 1.807) is 14.1 Å². The van der Waals surface area contributed by atoms with E-state index >= 15 is 0 Å². The summed E-state index contributed by atoms with van der Waals surface area (Å²) in [6, 6.07) is -0.200. The fourth-order valence-corrected chi connectivity index (χ4v) is 0.902. The van der Waals surface area contributed by atoms with E-state index in [4.69, 9.17) is 0 Å². The Labute approximate surface area is 92.4 Å². The van der Waals surface area contributed by atoms with Crippen molar-refractivity contribution in [1.82, 2.24) is 30.7 Å². The second-order valence-corrected chi connectivity index (χ2v) is 3.22. The predicted molar refractivity (Wildman–Crippen MR) is 55.8 cm³/mol. The summed E-state index contributed by atoms with van der Waals surface area (Å²) in [5, 5.41) is 11.2. The molecule has 16 heavy (non-hydrogen) atoms. The van der Waals surface area contributed by atoms with E-state index in [1.165, 1.54) is 11.2 Å². The highest BCUT2D eigenvalue weighted by Crippen LogP contribution is 1.83. The van der Waals surface area contributed by atoms with Gasteiger partial charge >= 0.3 is 6.03 Å². The van der Waals surface area contributed by atoms with Crippen molar-refractivity contribution in [3.05, 3.63) is 12.2 Å². The Bertz CT molecular complexity index is 347. The summed E-state index contributed by atoms with van der Waals surface area (Å²) >= 11 is 0. The number of carbonyl (C=O) groups is 2. The maximum atomic E-state index is 11.3. The van der Waals surface area contributed by atoms with Crippen molar-refractivity contribution >= 4 is 11.9 Å². The van der Waals surface area contributed by atoms with E-state index in [9.17, 15) is 9.59 Å². The average molecular weight is 226 g/mol. The second-order valence-electron chi connectivity index (χ2n) is 3.22. The van der Waals surface area contributed by atoms with E-state index in [2.05, 4.69) is 25.8 Å². The molecule has 1 rings (SSSR count). The van der Waals surface area contributed by atoms with Crippen LogP contribution in [0.4, 0.5) is 4.79 Å². The standard InChI is InChI=1S/C8H14N6O2/c1-14(2)8(16)10-4-3-9-7(15)6-11-5-12-13-6/h5H,3-4H2,1-2H3,(H,9,15)(H,10,16)(H,11,12,13). The zero-order chi connectivity index (χ0) is 12.0. The zero-order valence-electron chi connectivity index (χ0n) is 9.15. The number of rotatable bonds is 4. The third-order valence-electron chi connectivity index (χ3n) is 1.72. The quantitative estimate of drug-likeness (QED) is 0.561. The number of H-pyrrole nitrogens is 1. The van der Waals surface area contributed by atoms with Crippen molar-refractivity contribution in [3.63, 3.8) is 0 Å². The topological polar surface area (TPSA) is 103 Å². The van der Waals surface area contributed by atoms with Gasteiger partial charge < -0.3 is 15.5 Å². The molecule has 1 aromatic rings. The van der Waals surface area contributed by atoms with E-state index in [0.717, 1.165) is 0 Å². The number of nitrogens with zero attached hydrogens (tertiary/aromatic N) is 3. The Balaban J connectivity index is 2.17. The molecule has 0 aromatic carbocycles. The van der Waals surface area contributed by atoms with Gasteiger partial charge in [-0.25, -0.2) is 9.78 Å². The van der Waals surface area contributed by atoms with Crippen LogP contribution >= 0.6 is 0 Å². The van der Waals surface area contributed by atoms with Gasteiger partial charge in [0.2, 0.25) is 5.82 Å². The lowest BCUT2D eigenvalue weighted by Gasteiger charge is -2.11. The minimum absolute atomic E-state index is 0.152. The van der Waals surface area contributed by atoms with Crippen molar-refractivity contribution < 1.29 is 9.59 Å². The molecule has 0 saturated carbocycles. The van der Waals surface area contributed by atoms with Gasteiger partial charge in [0.1, 0.15) is 6.33 Å². The molecule has 88 valence electrons. The van der Waals surface area contributed by atoms with Crippen molar-refractivity contribution in [2.45, 2.75) is 0 Å². The van der Waals surface area contributed by atoms with Gasteiger partial charge in [-0.05, 0) is 0 Å². The van der Waals surface area contributed by atoms with E-state index < -0.39 is 0 Å². The first-order chi connectivity index (χ1) is 7.61. The lowest BCUT2D eigenvalue weighted by molar-refractivity contribution is 0.0943. The number of aromatic nitrogens is 3. The molecule has 8 nitrogen and oxygen atoms in total. The fraction of sp³-hybridized carbons (Fsp3) is 0.500. The molecule has 3 N–H and O–H groups in total. The third-order valence-corrected chi connectivity index (χ3v) is 1.72. The maximum absolute atomic E-state index is 11.3. The maximum Gasteiger partial charge on any atom is 0.316 e. The molecule has 0 saturated heterocycles. The van der Waals surface area contributed by atoms with Crippen LogP contribution in [0.25, 0.3) is 0 Å². The van der Waals surface area contributed by atoms with Crippen LogP contribution in [-0.4, -0.2) is 59.2 Å². The van der Waals surface area contributed by atoms with Crippen molar-refractivity contribution in [2.75, 3.05) is 27.2 Å². The molecule has 0 aliphatic carbocycles. The zero-order valence-corrected chi connectivity index (χ0v) is 9.15. The van der Waals surface area contributed by atoms with E-state index in [1.807, 2.05) is 0 Å². The summed E-state index contributed by atoms with van der Waals surface area (Å²) in [6.45, 7) is 0.690. The molecule has 3 amide bonds. The SMILES string of the molecule is CN(C)C(=O)NCCNC(=O)c1ncn[nH]1. The number of hydrogen-bond acceptors (Lipinski definition) is 4. The largest absolute Gasteiger partial charge is 0.348 e. The minimum atomic E-state index is -0.350. The minimum Gasteiger partial charge on any atom is -0.348 e. The number of nitrogens with one attached hydrogen (secondary N) is 3. The Hall–Kier alpha value is -2.12. The van der Waals surface area contributed by atoms with Gasteiger partial charge in [-0.15, -0.1) is 0 Å². The Morgan fingerprint density at radius 1 is 1.38 bits per heavy atom. The summed E-state index contributed by atoms with van der Waals surface area (Å²) in [6.07, 6.45) is 1.25. The molecule has 0 radical (unpaired) electrons. The molecule has 0 atom stereocenters. The molecule has 0 bridgehead atoms. The van der Waals surface area contributed by atoms with Gasteiger partial charge in [0.15, 0.2) is 0 Å². The van der Waals surface area contributed by atoms with Gasteiger partial charge in [-0.1, -0.05) is 0 Å². The van der Waals surface area contributed by atoms with Gasteiger partial charge in [0.25, 0.3) is 5.91 Å². The van der Waals surface area contributed by atoms with Gasteiger partial charge in [0.05, 0.1) is 0 Å². The van der Waals surface area contributed by atoms with Crippen LogP contribution in [-0.2, 0) is 0 Å². The molecular formula is C8H14N6O2. The summed E-state index contributed by atoms with van der Waals surface area (Å²) in [5.41, 5.74) is 0. The highest BCUT2D eigenvalue weighted by Gasteiger charge is 2.07. The van der Waals surface area contributed by atoms with Gasteiger partial charge in [-0.2, -0.15) is 5.10 Å². The van der Waals surface area contributed by atoms with Gasteiger partial charge in [0, 0.05) is 27.2 Å². The van der Waals surface area contributed by atoms with E-state index in [-0.39, 0.29) is 17.8 Å². The first-order valence-electron chi connectivity index (χ1n) is 4.70. The lowest BCUT2D eigenvalue weighted by Crippen LogP contribution is -2.39. The summed E-state index contributed by atoms with van der Waals surface area (Å²) in [7, 11) is 3.28. The monoisotopic (exact) mass is 226 g/mol. The molecule has 1 heterocycles. The van der Waals surface area contributed by atoms with Crippen LogP contribution in [0.15, 0.2) is 6.33 Å². The Kier molecular flexibility index (Phi) is 4.25. The smallest absolute Gasteiger partial charge is 0.316 e. The summed E-state index contributed by atoms with van der Waals surface area (Å²) in [4.78, 5) is 27.5. The fourth-order valence-electron chi connectivity index (χ4n) is 0.902. The van der Waals surface area contributed by atoms with Crippen molar-refractivity contribution in [3.8, 4) is 0 Å². The molecule has 8 heteroatoms. The van der Waals surface area contributed by atoms with Crippen molar-refractivity contribution in [1.29, 1.82) is 0 Å². The number of hydrogen-bond donors (Lipinski definition) is 3. The number of urea groups is 1. The first-order valence-corrected chi connectivity index (χ1v) is 4.70. The van der Waals surface area contributed by atoms with Crippen LogP contribution in [0.3, 0.4) is 0 Å². The van der Waals surface area contributed by atoms with Crippen LogP contribution < -0.4 is 10.6 Å². The molecular weight excluding hydrogens is 212 g/mol. The lowest BCUT2D eigenvalue weighted by atomic mass is 10.5. The first kappa shape index (κ1) is 12.0. The van der Waals surface area contributed by atoms with Crippen LogP contribution in [0, 0.1) is 0 Å². The molecule has 1 aromatic heterocycles. The second kappa shape index (κ2) is 5.69. The average Bonchev–Trinajstić information content (AvgIpc) is 2.76. The Morgan fingerprint density at radius 3 is 2.62 bits per heavy atom. The number of amides is 3. The molecule has 0 unspecified atom stereocenters. The summed E-state index contributed by atoms with van der Waals surface area (Å²) < 4.78 is 0.